The average molecular weight is 371 g/mol. The molecule has 1 fully saturated rings. The number of hydrogen-bond donors (Lipinski definition) is 0. The zero-order chi connectivity index (χ0) is 18.4. The van der Waals surface area contributed by atoms with Gasteiger partial charge in [0.25, 0.3) is 0 Å². The zero-order valence-electron chi connectivity index (χ0n) is 15.5. The first kappa shape index (κ1) is 18.6. The van der Waals surface area contributed by atoms with Crippen molar-refractivity contribution >= 4 is 23.3 Å². The maximum absolute atomic E-state index is 12.4. The van der Waals surface area contributed by atoms with Gasteiger partial charge in [-0.3, -0.25) is 4.79 Å². The van der Waals surface area contributed by atoms with E-state index in [1.165, 1.54) is 19.3 Å². The van der Waals surface area contributed by atoms with Crippen molar-refractivity contribution < 1.29 is 9.53 Å². The Morgan fingerprint density at radius 3 is 2.88 bits per heavy atom. The number of thiazole rings is 1. The van der Waals surface area contributed by atoms with E-state index in [0.717, 1.165) is 34.9 Å². The monoisotopic (exact) mass is 370 g/mol. The summed E-state index contributed by atoms with van der Waals surface area (Å²) in [5.74, 6) is 0.854. The van der Waals surface area contributed by atoms with Crippen LogP contribution in [0.15, 0.2) is 35.7 Å². The Kier molecular flexibility index (Phi) is 6.45. The summed E-state index contributed by atoms with van der Waals surface area (Å²) < 4.78 is 5.81. The van der Waals surface area contributed by atoms with Gasteiger partial charge >= 0.3 is 0 Å². The molecule has 1 aromatic heterocycles. The number of likely N-dealkylation sites (N-methyl/N-ethyl adjacent to an activating group) is 1. The Morgan fingerprint density at radius 2 is 2.15 bits per heavy atom. The number of hydrogen-bond acceptors (Lipinski definition) is 4. The number of aromatic nitrogens is 1. The third-order valence-electron chi connectivity index (χ3n) is 4.80. The molecule has 1 aromatic carbocycles. The molecular weight excluding hydrogens is 344 g/mol. The first-order valence-electron chi connectivity index (χ1n) is 9.20. The Morgan fingerprint density at radius 1 is 1.35 bits per heavy atom. The number of amides is 1. The topological polar surface area (TPSA) is 42.4 Å². The molecule has 0 aliphatic heterocycles. The van der Waals surface area contributed by atoms with E-state index in [1.807, 2.05) is 54.6 Å². The van der Waals surface area contributed by atoms with Gasteiger partial charge in [-0.1, -0.05) is 31.4 Å². The largest absolute Gasteiger partial charge is 0.487 e. The second kappa shape index (κ2) is 8.99. The zero-order valence-corrected chi connectivity index (χ0v) is 16.3. The molecule has 0 N–H and O–H groups in total. The van der Waals surface area contributed by atoms with Crippen molar-refractivity contribution in [3.63, 3.8) is 0 Å². The van der Waals surface area contributed by atoms with E-state index in [4.69, 9.17) is 4.74 Å². The van der Waals surface area contributed by atoms with Gasteiger partial charge in [-0.25, -0.2) is 4.98 Å². The summed E-state index contributed by atoms with van der Waals surface area (Å²) in [5, 5.41) is 3.06. The van der Waals surface area contributed by atoms with Gasteiger partial charge in [0, 0.05) is 24.5 Å². The van der Waals surface area contributed by atoms with E-state index in [9.17, 15) is 4.79 Å². The number of aryl methyl sites for hydroxylation is 1. The van der Waals surface area contributed by atoms with Crippen LogP contribution in [0.4, 0.5) is 0 Å². The molecule has 5 heteroatoms. The fourth-order valence-electron chi connectivity index (χ4n) is 3.27. The highest BCUT2D eigenvalue weighted by molar-refractivity contribution is 7.09. The fraction of sp³-hybridized carbons (Fsp3) is 0.429. The van der Waals surface area contributed by atoms with Gasteiger partial charge in [0.15, 0.2) is 0 Å². The van der Waals surface area contributed by atoms with Crippen molar-refractivity contribution in [2.75, 3.05) is 7.05 Å². The molecule has 26 heavy (non-hydrogen) atoms. The molecule has 1 aliphatic carbocycles. The summed E-state index contributed by atoms with van der Waals surface area (Å²) in [6.07, 6.45) is 9.51. The lowest BCUT2D eigenvalue weighted by atomic mass is 9.94. The molecule has 1 heterocycles. The molecule has 0 saturated heterocycles. The molecule has 1 aliphatic rings. The van der Waals surface area contributed by atoms with E-state index in [1.54, 1.807) is 17.4 Å². The van der Waals surface area contributed by atoms with E-state index < -0.39 is 0 Å². The van der Waals surface area contributed by atoms with Crippen molar-refractivity contribution in [1.29, 1.82) is 0 Å². The molecule has 1 amide bonds. The van der Waals surface area contributed by atoms with Gasteiger partial charge in [-0.2, -0.15) is 0 Å². The Bertz CT molecular complexity index is 763. The number of ether oxygens (including phenoxy) is 1. The van der Waals surface area contributed by atoms with E-state index in [-0.39, 0.29) is 5.91 Å². The lowest BCUT2D eigenvalue weighted by Gasteiger charge is -2.30. The van der Waals surface area contributed by atoms with Crippen LogP contribution in [-0.4, -0.2) is 28.9 Å². The van der Waals surface area contributed by atoms with Crippen molar-refractivity contribution in [2.24, 2.45) is 0 Å². The highest BCUT2D eigenvalue weighted by Gasteiger charge is 2.20. The van der Waals surface area contributed by atoms with Gasteiger partial charge in [0.2, 0.25) is 5.91 Å². The number of carbonyl (C=O) groups excluding carboxylic acids is 1. The average Bonchev–Trinajstić information content (AvgIpc) is 3.10. The standard InChI is InChI=1S/C21H26N2O2S/c1-16-22-18(15-26-16)14-25-20-10-6-7-17(13-20)11-12-21(24)23(2)19-8-4-3-5-9-19/h6-7,10-13,15,19H,3-5,8-9,14H2,1-2H3/b12-11+. The third kappa shape index (κ3) is 5.18. The van der Waals surface area contributed by atoms with Crippen LogP contribution < -0.4 is 4.74 Å². The minimum absolute atomic E-state index is 0.0705. The minimum Gasteiger partial charge on any atom is -0.487 e. The van der Waals surface area contributed by atoms with Gasteiger partial charge in [-0.15, -0.1) is 11.3 Å². The number of rotatable bonds is 6. The van der Waals surface area contributed by atoms with Crippen molar-refractivity contribution in [3.05, 3.63) is 52.0 Å². The second-order valence-corrected chi connectivity index (χ2v) is 7.86. The van der Waals surface area contributed by atoms with E-state index >= 15 is 0 Å². The lowest BCUT2D eigenvalue weighted by molar-refractivity contribution is -0.127. The van der Waals surface area contributed by atoms with Crippen molar-refractivity contribution in [3.8, 4) is 5.75 Å². The van der Waals surface area contributed by atoms with Gasteiger partial charge in [-0.05, 0) is 43.5 Å². The molecule has 4 nitrogen and oxygen atoms in total. The summed E-state index contributed by atoms with van der Waals surface area (Å²) in [7, 11) is 1.91. The van der Waals surface area contributed by atoms with Crippen LogP contribution in [-0.2, 0) is 11.4 Å². The lowest BCUT2D eigenvalue weighted by Crippen LogP contribution is -2.37. The predicted octanol–water partition coefficient (Wildman–Crippen LogP) is 4.83. The quantitative estimate of drug-likeness (QED) is 0.684. The second-order valence-electron chi connectivity index (χ2n) is 6.79. The van der Waals surface area contributed by atoms with Crippen LogP contribution >= 0.6 is 11.3 Å². The van der Waals surface area contributed by atoms with Crippen LogP contribution in [0.2, 0.25) is 0 Å². The normalized spacial score (nSPS) is 15.3. The van der Waals surface area contributed by atoms with Crippen molar-refractivity contribution in [2.45, 2.75) is 51.7 Å². The Hall–Kier alpha value is -2.14. The van der Waals surface area contributed by atoms with E-state index in [0.29, 0.717) is 12.6 Å². The number of carbonyl (C=O) groups is 1. The summed E-state index contributed by atoms with van der Waals surface area (Å²) >= 11 is 1.62. The summed E-state index contributed by atoms with van der Waals surface area (Å²) in [6, 6.07) is 8.17. The molecular formula is C21H26N2O2S. The summed E-state index contributed by atoms with van der Waals surface area (Å²) in [6.45, 7) is 2.45. The molecule has 0 unspecified atom stereocenters. The van der Waals surface area contributed by atoms with Crippen LogP contribution in [0.25, 0.3) is 6.08 Å². The molecule has 0 radical (unpaired) electrons. The molecule has 0 atom stereocenters. The number of benzene rings is 1. The van der Waals surface area contributed by atoms with Gasteiger partial charge in [0.1, 0.15) is 12.4 Å². The predicted molar refractivity (Wildman–Crippen MR) is 106 cm³/mol. The summed E-state index contributed by atoms with van der Waals surface area (Å²) in [4.78, 5) is 18.7. The smallest absolute Gasteiger partial charge is 0.246 e. The Balaban J connectivity index is 1.56. The molecule has 1 saturated carbocycles. The number of nitrogens with zero attached hydrogens (tertiary/aromatic N) is 2. The highest BCUT2D eigenvalue weighted by atomic mass is 32.1. The van der Waals surface area contributed by atoms with Crippen LogP contribution in [0.3, 0.4) is 0 Å². The highest BCUT2D eigenvalue weighted by Crippen LogP contribution is 2.22. The maximum Gasteiger partial charge on any atom is 0.246 e. The maximum atomic E-state index is 12.4. The van der Waals surface area contributed by atoms with Crippen LogP contribution in [0.5, 0.6) is 5.75 Å². The molecule has 3 rings (SSSR count). The molecule has 0 bridgehead atoms. The molecule has 138 valence electrons. The fourth-order valence-corrected chi connectivity index (χ4v) is 3.87. The van der Waals surface area contributed by atoms with Crippen LogP contribution in [0, 0.1) is 6.92 Å². The van der Waals surface area contributed by atoms with Crippen LogP contribution in [0.1, 0.15) is 48.4 Å². The minimum atomic E-state index is 0.0705. The molecule has 2 aromatic rings. The SMILES string of the molecule is Cc1nc(COc2cccc(/C=C/C(=O)N(C)C3CCCCC3)c2)cs1. The summed E-state index contributed by atoms with van der Waals surface area (Å²) in [5.41, 5.74) is 1.90. The van der Waals surface area contributed by atoms with Gasteiger partial charge < -0.3 is 9.64 Å². The van der Waals surface area contributed by atoms with Crippen molar-refractivity contribution in [1.82, 2.24) is 9.88 Å². The van der Waals surface area contributed by atoms with E-state index in [2.05, 4.69) is 4.98 Å². The first-order chi connectivity index (χ1) is 12.6. The third-order valence-corrected chi connectivity index (χ3v) is 5.62. The Labute approximate surface area is 159 Å². The first-order valence-corrected chi connectivity index (χ1v) is 10.1. The molecule has 0 spiro atoms. The van der Waals surface area contributed by atoms with Gasteiger partial charge in [0.05, 0.1) is 10.7 Å².